The van der Waals surface area contributed by atoms with E-state index in [4.69, 9.17) is 31.2 Å². The Bertz CT molecular complexity index is 1740. The fourth-order valence-electron chi connectivity index (χ4n) is 6.06. The number of fused-ring (bicyclic) bond motifs is 1. The van der Waals surface area contributed by atoms with Crippen molar-refractivity contribution in [2.45, 2.75) is 43.6 Å². The number of aldehydes is 1. The minimum Gasteiger partial charge on any atom is -0.474 e. The lowest BCUT2D eigenvalue weighted by Gasteiger charge is -2.43. The average molecular weight is 698 g/mol. The summed E-state index contributed by atoms with van der Waals surface area (Å²) in [5.41, 5.74) is 2.21. The molecule has 4 aromatic rings. The molecule has 7 rings (SSSR count). The molecular weight excluding hydrogens is 655 g/mol. The van der Waals surface area contributed by atoms with Gasteiger partial charge in [0.25, 0.3) is 0 Å². The molecule has 2 saturated heterocycles. The van der Waals surface area contributed by atoms with Crippen molar-refractivity contribution in [1.82, 2.24) is 19.4 Å². The number of halogens is 2. The van der Waals surface area contributed by atoms with E-state index in [-0.39, 0.29) is 23.1 Å². The Morgan fingerprint density at radius 2 is 1.77 bits per heavy atom. The minimum atomic E-state index is -0.293. The zero-order valence-corrected chi connectivity index (χ0v) is 29.1. The largest absolute Gasteiger partial charge is 0.474 e. The summed E-state index contributed by atoms with van der Waals surface area (Å²) in [6.07, 6.45) is 10.5. The van der Waals surface area contributed by atoms with Crippen LogP contribution in [-0.2, 0) is 4.74 Å². The van der Waals surface area contributed by atoms with Crippen LogP contribution in [0.5, 0.6) is 5.88 Å². The number of alkyl halides is 1. The molecule has 1 aliphatic carbocycles. The number of carbonyl (C=O) groups is 1. The number of carbonyl (C=O) groups excluding carboxylic acids is 1. The highest BCUT2D eigenvalue weighted by Crippen LogP contribution is 2.35. The SMILES string of the molecule is CCl.CN(C)C1CN(c2ccc(-n3cc(C=O)c(=O)c4ccc(N5CC(OC6CC6)CC5COc5ncccc5Cl)cc43)cn2)C1.CO. The quantitative estimate of drug-likeness (QED) is 0.186. The molecular formula is C35H42Cl2N6O5. The molecule has 11 nitrogen and oxygen atoms in total. The van der Waals surface area contributed by atoms with Gasteiger partial charge in [-0.3, -0.25) is 9.59 Å². The summed E-state index contributed by atoms with van der Waals surface area (Å²) >= 11 is 11.0. The van der Waals surface area contributed by atoms with Gasteiger partial charge in [-0.25, -0.2) is 9.97 Å². The average Bonchev–Trinajstić information content (AvgIpc) is 3.82. The van der Waals surface area contributed by atoms with Gasteiger partial charge in [0.2, 0.25) is 5.88 Å². The van der Waals surface area contributed by atoms with E-state index in [1.165, 1.54) is 6.38 Å². The molecule has 0 bridgehead atoms. The zero-order chi connectivity index (χ0) is 34.4. The maximum Gasteiger partial charge on any atom is 0.232 e. The first-order valence-corrected chi connectivity index (χ1v) is 17.0. The number of benzene rings is 1. The number of likely N-dealkylation sites (N-methyl/N-ethyl adjacent to an activating group) is 1. The highest BCUT2D eigenvalue weighted by Gasteiger charge is 2.37. The molecule has 0 radical (unpaired) electrons. The smallest absolute Gasteiger partial charge is 0.232 e. The Labute approximate surface area is 290 Å². The molecule has 1 aromatic carbocycles. The lowest BCUT2D eigenvalue weighted by atomic mass is 10.1. The third-order valence-electron chi connectivity index (χ3n) is 8.82. The lowest BCUT2D eigenvalue weighted by molar-refractivity contribution is 0.0514. The van der Waals surface area contributed by atoms with Crippen LogP contribution in [-0.4, -0.2) is 109 Å². The Kier molecular flexibility index (Phi) is 11.9. The molecule has 256 valence electrons. The van der Waals surface area contributed by atoms with Gasteiger partial charge in [0, 0.05) is 62.6 Å². The second-order valence-corrected chi connectivity index (χ2v) is 12.5. The topological polar surface area (TPSA) is 113 Å². The summed E-state index contributed by atoms with van der Waals surface area (Å²) in [5, 5.41) is 7.94. The third kappa shape index (κ3) is 7.76. The Balaban J connectivity index is 0.00000109. The molecule has 13 heteroatoms. The molecule has 2 aliphatic heterocycles. The minimum absolute atomic E-state index is 0.00663. The van der Waals surface area contributed by atoms with Crippen LogP contribution in [0.2, 0.25) is 5.02 Å². The van der Waals surface area contributed by atoms with E-state index < -0.39 is 0 Å². The van der Waals surface area contributed by atoms with Gasteiger partial charge in [-0.1, -0.05) is 11.6 Å². The lowest BCUT2D eigenvalue weighted by Crippen LogP contribution is -2.57. The first-order chi connectivity index (χ1) is 23.4. The number of aromatic nitrogens is 3. The fraction of sp³-hybridized carbons (Fsp3) is 0.429. The summed E-state index contributed by atoms with van der Waals surface area (Å²) in [6, 6.07) is 13.8. The molecule has 0 spiro atoms. The predicted octanol–water partition coefficient (Wildman–Crippen LogP) is 4.67. The summed E-state index contributed by atoms with van der Waals surface area (Å²) in [4.78, 5) is 40.9. The van der Waals surface area contributed by atoms with Crippen molar-refractivity contribution in [3.05, 3.63) is 81.9 Å². The molecule has 3 fully saturated rings. The van der Waals surface area contributed by atoms with Crippen LogP contribution >= 0.6 is 23.2 Å². The second kappa shape index (κ2) is 16.1. The van der Waals surface area contributed by atoms with E-state index in [9.17, 15) is 9.59 Å². The van der Waals surface area contributed by atoms with Gasteiger partial charge < -0.3 is 33.8 Å². The number of anilines is 2. The Morgan fingerprint density at radius 1 is 1.02 bits per heavy atom. The highest BCUT2D eigenvalue weighted by atomic mass is 35.5. The number of pyridine rings is 3. The van der Waals surface area contributed by atoms with E-state index in [0.29, 0.717) is 53.4 Å². The van der Waals surface area contributed by atoms with Crippen molar-refractivity contribution in [2.24, 2.45) is 0 Å². The van der Waals surface area contributed by atoms with Crippen LogP contribution in [0.3, 0.4) is 0 Å². The number of aliphatic hydroxyl groups is 1. The summed E-state index contributed by atoms with van der Waals surface area (Å²) in [7, 11) is 5.18. The van der Waals surface area contributed by atoms with E-state index in [1.54, 1.807) is 30.7 Å². The van der Waals surface area contributed by atoms with Gasteiger partial charge in [0.05, 0.1) is 41.2 Å². The summed E-state index contributed by atoms with van der Waals surface area (Å²) in [5.74, 6) is 1.31. The van der Waals surface area contributed by atoms with Crippen LogP contribution < -0.4 is 20.0 Å². The van der Waals surface area contributed by atoms with E-state index in [0.717, 1.165) is 56.7 Å². The van der Waals surface area contributed by atoms with Crippen LogP contribution in [0.15, 0.2) is 65.8 Å². The normalized spacial score (nSPS) is 18.9. The van der Waals surface area contributed by atoms with E-state index >= 15 is 0 Å². The predicted molar refractivity (Wildman–Crippen MR) is 191 cm³/mol. The molecule has 3 aliphatic rings. The molecule has 2 unspecified atom stereocenters. The van der Waals surface area contributed by atoms with Gasteiger partial charge in [0.1, 0.15) is 17.4 Å². The number of aliphatic hydroxyl groups excluding tert-OH is 1. The third-order valence-corrected chi connectivity index (χ3v) is 9.11. The first kappa shape index (κ1) is 35.6. The molecule has 3 aromatic heterocycles. The molecule has 5 heterocycles. The Hall–Kier alpha value is -3.74. The van der Waals surface area contributed by atoms with E-state index in [1.807, 2.05) is 34.9 Å². The molecule has 0 amide bonds. The fourth-order valence-corrected chi connectivity index (χ4v) is 6.24. The molecule has 48 heavy (non-hydrogen) atoms. The van der Waals surface area contributed by atoms with Crippen LogP contribution in [0.4, 0.5) is 11.5 Å². The second-order valence-electron chi connectivity index (χ2n) is 12.1. The van der Waals surface area contributed by atoms with Gasteiger partial charge in [-0.15, -0.1) is 11.6 Å². The van der Waals surface area contributed by atoms with Crippen LogP contribution in [0.25, 0.3) is 16.6 Å². The standard InChI is InChI=1S/C33H35ClN6O4.CH3Cl.CH4O/c1-37(2)25-16-38(17-25)31-10-6-23(14-36-31)40-15-21(19-41)32(42)28-9-5-22(13-30(28)40)39-18-27(44-26-7-8-26)12-24(39)20-43-33-29(34)4-3-11-35-33;2*1-2/h3-6,9-11,13-15,19,24-27H,7-8,12,16-18,20H2,1-2H3;1H3;2H,1H3. The molecule has 2 atom stereocenters. The van der Waals surface area contributed by atoms with Crippen molar-refractivity contribution >= 4 is 51.9 Å². The first-order valence-electron chi connectivity index (χ1n) is 15.9. The monoisotopic (exact) mass is 696 g/mol. The van der Waals surface area contributed by atoms with Gasteiger partial charge >= 0.3 is 0 Å². The number of rotatable bonds is 10. The zero-order valence-electron chi connectivity index (χ0n) is 27.6. The number of hydrogen-bond donors (Lipinski definition) is 1. The van der Waals surface area contributed by atoms with Crippen LogP contribution in [0.1, 0.15) is 29.6 Å². The van der Waals surface area contributed by atoms with Gasteiger partial charge in [-0.05, 0) is 75.8 Å². The van der Waals surface area contributed by atoms with Crippen LogP contribution in [0, 0.1) is 0 Å². The van der Waals surface area contributed by atoms with Gasteiger partial charge in [0.15, 0.2) is 11.7 Å². The van der Waals surface area contributed by atoms with Crippen molar-refractivity contribution in [1.29, 1.82) is 0 Å². The van der Waals surface area contributed by atoms with Crippen molar-refractivity contribution in [2.75, 3.05) is 63.6 Å². The van der Waals surface area contributed by atoms with Crippen molar-refractivity contribution in [3.63, 3.8) is 0 Å². The number of nitrogens with zero attached hydrogens (tertiary/aromatic N) is 6. The van der Waals surface area contributed by atoms with Crippen molar-refractivity contribution < 1.29 is 19.4 Å². The number of hydrogen-bond acceptors (Lipinski definition) is 10. The van der Waals surface area contributed by atoms with Crippen molar-refractivity contribution in [3.8, 4) is 11.6 Å². The highest BCUT2D eigenvalue weighted by molar-refractivity contribution is 6.31. The van der Waals surface area contributed by atoms with Gasteiger partial charge in [-0.2, -0.15) is 0 Å². The number of ether oxygens (including phenoxy) is 2. The maximum absolute atomic E-state index is 13.2. The molecule has 1 saturated carbocycles. The van der Waals surface area contributed by atoms with E-state index in [2.05, 4.69) is 45.4 Å². The summed E-state index contributed by atoms with van der Waals surface area (Å²) in [6.45, 7) is 2.94. The maximum atomic E-state index is 13.2. The molecule has 1 N–H and O–H groups in total. The summed E-state index contributed by atoms with van der Waals surface area (Å²) < 4.78 is 14.3. The Morgan fingerprint density at radius 3 is 2.42 bits per heavy atom.